The molecule has 1 atom stereocenters. The van der Waals surface area contributed by atoms with Gasteiger partial charge in [0.15, 0.2) is 0 Å². The van der Waals surface area contributed by atoms with Crippen LogP contribution < -0.4 is 10.6 Å². The van der Waals surface area contributed by atoms with E-state index in [0.29, 0.717) is 18.8 Å². The molecule has 3 amide bonds. The third-order valence-electron chi connectivity index (χ3n) is 5.19. The first-order valence-electron chi connectivity index (χ1n) is 10.2. The van der Waals surface area contributed by atoms with Gasteiger partial charge in [0.1, 0.15) is 5.82 Å². The van der Waals surface area contributed by atoms with Crippen molar-refractivity contribution in [2.75, 3.05) is 23.7 Å². The van der Waals surface area contributed by atoms with Gasteiger partial charge in [0.25, 0.3) is 11.6 Å². The zero-order chi connectivity index (χ0) is 23.3. The molecule has 1 aliphatic heterocycles. The fourth-order valence-corrected chi connectivity index (χ4v) is 3.38. The van der Waals surface area contributed by atoms with Crippen molar-refractivity contribution in [2.24, 2.45) is 5.92 Å². The molecule has 168 valence electrons. The number of amides is 3. The molecule has 0 bridgehead atoms. The number of hydrogen-bond donors (Lipinski definition) is 2. The van der Waals surface area contributed by atoms with Gasteiger partial charge in [0, 0.05) is 42.9 Å². The lowest BCUT2D eigenvalue weighted by Gasteiger charge is -2.16. The summed E-state index contributed by atoms with van der Waals surface area (Å²) in [7, 11) is 0. The van der Waals surface area contributed by atoms with Crippen molar-refractivity contribution >= 4 is 34.8 Å². The van der Waals surface area contributed by atoms with Crippen molar-refractivity contribution in [1.29, 1.82) is 0 Å². The van der Waals surface area contributed by atoms with E-state index in [0.717, 1.165) is 31.0 Å². The summed E-state index contributed by atoms with van der Waals surface area (Å²) < 4.78 is 13.9. The average Bonchev–Trinajstić information content (AvgIpc) is 3.14. The molecule has 9 nitrogen and oxygen atoms in total. The number of non-ortho nitro benzene ring substituents is 1. The molecular formula is C22H23FN4O5. The van der Waals surface area contributed by atoms with E-state index in [1.54, 1.807) is 4.90 Å². The Labute approximate surface area is 183 Å². The number of likely N-dealkylation sites (tertiary alicyclic amines) is 1. The summed E-state index contributed by atoms with van der Waals surface area (Å²) in [5, 5.41) is 15.9. The lowest BCUT2D eigenvalue weighted by Crippen LogP contribution is -2.29. The molecule has 32 heavy (non-hydrogen) atoms. The lowest BCUT2D eigenvalue weighted by molar-refractivity contribution is -0.384. The number of halogens is 1. The molecule has 1 fully saturated rings. The maximum Gasteiger partial charge on any atom is 0.271 e. The minimum absolute atomic E-state index is 0.0287. The maximum atomic E-state index is 13.9. The molecule has 0 radical (unpaired) electrons. The van der Waals surface area contributed by atoms with Crippen LogP contribution in [0.5, 0.6) is 0 Å². The largest absolute Gasteiger partial charge is 0.342 e. The van der Waals surface area contributed by atoms with E-state index in [4.69, 9.17) is 0 Å². The smallest absolute Gasteiger partial charge is 0.271 e. The third-order valence-corrected chi connectivity index (χ3v) is 5.19. The Balaban J connectivity index is 1.60. The molecule has 10 heteroatoms. The van der Waals surface area contributed by atoms with Crippen LogP contribution in [0, 0.1) is 21.8 Å². The lowest BCUT2D eigenvalue weighted by atomic mass is 10.1. The zero-order valence-corrected chi connectivity index (χ0v) is 17.5. The van der Waals surface area contributed by atoms with Crippen molar-refractivity contribution in [3.05, 3.63) is 64.0 Å². The molecule has 1 unspecified atom stereocenters. The van der Waals surface area contributed by atoms with E-state index in [-0.39, 0.29) is 35.2 Å². The fourth-order valence-electron chi connectivity index (χ4n) is 3.38. The Morgan fingerprint density at radius 3 is 2.56 bits per heavy atom. The van der Waals surface area contributed by atoms with E-state index >= 15 is 0 Å². The van der Waals surface area contributed by atoms with E-state index in [9.17, 15) is 28.9 Å². The summed E-state index contributed by atoms with van der Waals surface area (Å²) in [6, 6.07) is 8.76. The molecule has 0 aromatic heterocycles. The van der Waals surface area contributed by atoms with Crippen LogP contribution in [-0.4, -0.2) is 40.6 Å². The molecule has 0 saturated carbocycles. The molecule has 0 aliphatic carbocycles. The standard InChI is InChI=1S/C22H23FN4O5/c1-2-3-10-26-13-15(11-20(26)28)22(30)24-16-6-4-14(5-7-16)21(29)25-19-12-17(27(31)32)8-9-18(19)23/h4-9,12,15H,2-3,10-11,13H2,1H3,(H,24,30)(H,25,29). The number of nitrogens with zero attached hydrogens (tertiary/aromatic N) is 2. The Bertz CT molecular complexity index is 1040. The molecular weight excluding hydrogens is 419 g/mol. The van der Waals surface area contributed by atoms with Gasteiger partial charge in [-0.25, -0.2) is 4.39 Å². The van der Waals surface area contributed by atoms with Crippen LogP contribution in [0.2, 0.25) is 0 Å². The zero-order valence-electron chi connectivity index (χ0n) is 17.5. The Hall–Kier alpha value is -3.82. The summed E-state index contributed by atoms with van der Waals surface area (Å²) in [6.07, 6.45) is 2.03. The van der Waals surface area contributed by atoms with Gasteiger partial charge in [0.2, 0.25) is 11.8 Å². The number of carbonyl (C=O) groups excluding carboxylic acids is 3. The minimum atomic E-state index is -0.799. The van der Waals surface area contributed by atoms with Crippen LogP contribution in [0.25, 0.3) is 0 Å². The number of carbonyl (C=O) groups is 3. The molecule has 2 aromatic rings. The van der Waals surface area contributed by atoms with Gasteiger partial charge in [-0.3, -0.25) is 24.5 Å². The molecule has 1 saturated heterocycles. The van der Waals surface area contributed by atoms with Crippen molar-refractivity contribution < 1.29 is 23.7 Å². The second-order valence-electron chi connectivity index (χ2n) is 7.54. The van der Waals surface area contributed by atoms with E-state index in [2.05, 4.69) is 10.6 Å². The average molecular weight is 442 g/mol. The summed E-state index contributed by atoms with van der Waals surface area (Å²) in [4.78, 5) is 48.8. The first-order valence-corrected chi connectivity index (χ1v) is 10.2. The van der Waals surface area contributed by atoms with E-state index in [1.165, 1.54) is 24.3 Å². The number of hydrogen-bond acceptors (Lipinski definition) is 5. The number of unbranched alkanes of at least 4 members (excludes halogenated alkanes) is 1. The highest BCUT2D eigenvalue weighted by Crippen LogP contribution is 2.23. The molecule has 0 spiro atoms. The first kappa shape index (κ1) is 22.9. The summed E-state index contributed by atoms with van der Waals surface area (Å²) >= 11 is 0. The second kappa shape index (κ2) is 9.99. The maximum absolute atomic E-state index is 13.9. The second-order valence-corrected chi connectivity index (χ2v) is 7.54. The summed E-state index contributed by atoms with van der Waals surface area (Å²) in [6.45, 7) is 3.07. The number of benzene rings is 2. The van der Waals surface area contributed by atoms with Gasteiger partial charge in [-0.1, -0.05) is 13.3 Å². The van der Waals surface area contributed by atoms with Crippen LogP contribution >= 0.6 is 0 Å². The molecule has 1 heterocycles. The van der Waals surface area contributed by atoms with Crippen molar-refractivity contribution in [1.82, 2.24) is 4.90 Å². The van der Waals surface area contributed by atoms with Gasteiger partial charge in [-0.15, -0.1) is 0 Å². The highest BCUT2D eigenvalue weighted by atomic mass is 19.1. The number of nitrogens with one attached hydrogen (secondary N) is 2. The number of nitro benzene ring substituents is 1. The third kappa shape index (κ3) is 5.45. The molecule has 1 aliphatic rings. The Kier molecular flexibility index (Phi) is 7.14. The van der Waals surface area contributed by atoms with Crippen molar-refractivity contribution in [3.63, 3.8) is 0 Å². The summed E-state index contributed by atoms with van der Waals surface area (Å²) in [5.41, 5.74) is -0.0262. The van der Waals surface area contributed by atoms with Gasteiger partial charge >= 0.3 is 0 Å². The minimum Gasteiger partial charge on any atom is -0.342 e. The number of anilines is 2. The topological polar surface area (TPSA) is 122 Å². The van der Waals surface area contributed by atoms with Crippen LogP contribution in [-0.2, 0) is 9.59 Å². The molecule has 2 aromatic carbocycles. The van der Waals surface area contributed by atoms with Crippen molar-refractivity contribution in [2.45, 2.75) is 26.2 Å². The van der Waals surface area contributed by atoms with Gasteiger partial charge in [-0.05, 0) is 36.8 Å². The van der Waals surface area contributed by atoms with E-state index < -0.39 is 22.6 Å². The van der Waals surface area contributed by atoms with Crippen LogP contribution in [0.3, 0.4) is 0 Å². The van der Waals surface area contributed by atoms with Gasteiger partial charge < -0.3 is 15.5 Å². The van der Waals surface area contributed by atoms with Crippen LogP contribution in [0.15, 0.2) is 42.5 Å². The van der Waals surface area contributed by atoms with Gasteiger partial charge in [0.05, 0.1) is 16.5 Å². The quantitative estimate of drug-likeness (QED) is 0.478. The van der Waals surface area contributed by atoms with Crippen LogP contribution in [0.4, 0.5) is 21.5 Å². The monoisotopic (exact) mass is 442 g/mol. The SMILES string of the molecule is CCCCN1CC(C(=O)Nc2ccc(C(=O)Nc3cc([N+](=O)[O-])ccc3F)cc2)CC1=O. The fraction of sp³-hybridized carbons (Fsp3) is 0.318. The van der Waals surface area contributed by atoms with Crippen molar-refractivity contribution in [3.8, 4) is 0 Å². The number of nitro groups is 1. The molecule has 2 N–H and O–H groups in total. The van der Waals surface area contributed by atoms with Gasteiger partial charge in [-0.2, -0.15) is 0 Å². The normalized spacial score (nSPS) is 15.5. The van der Waals surface area contributed by atoms with Crippen LogP contribution in [0.1, 0.15) is 36.5 Å². The Morgan fingerprint density at radius 1 is 1.19 bits per heavy atom. The first-order chi connectivity index (χ1) is 15.3. The highest BCUT2D eigenvalue weighted by Gasteiger charge is 2.33. The predicted octanol–water partition coefficient (Wildman–Crippen LogP) is 3.57. The highest BCUT2D eigenvalue weighted by molar-refractivity contribution is 6.05. The number of rotatable bonds is 8. The molecule has 3 rings (SSSR count). The van der Waals surface area contributed by atoms with E-state index in [1.807, 2.05) is 6.92 Å². The predicted molar refractivity (Wildman–Crippen MR) is 116 cm³/mol. The summed E-state index contributed by atoms with van der Waals surface area (Å²) in [5.74, 6) is -2.19. The Morgan fingerprint density at radius 2 is 1.91 bits per heavy atom.